The number of alkyl halides is 3. The van der Waals surface area contributed by atoms with Crippen LogP contribution in [0.25, 0.3) is 10.9 Å². The smallest absolute Gasteiger partial charge is 0.416 e. The molecule has 5 rings (SSSR count). The van der Waals surface area contributed by atoms with Gasteiger partial charge in [-0.1, -0.05) is 19.3 Å². The number of anilines is 1. The van der Waals surface area contributed by atoms with E-state index >= 15 is 0 Å². The van der Waals surface area contributed by atoms with E-state index in [2.05, 4.69) is 15.2 Å². The van der Waals surface area contributed by atoms with Gasteiger partial charge in [-0.3, -0.25) is 9.78 Å². The summed E-state index contributed by atoms with van der Waals surface area (Å²) in [5, 5.41) is 3.99. The Morgan fingerprint density at radius 3 is 2.36 bits per heavy atom. The number of hydrogen-bond donors (Lipinski definition) is 1. The van der Waals surface area contributed by atoms with Crippen LogP contribution in [0.2, 0.25) is 0 Å². The summed E-state index contributed by atoms with van der Waals surface area (Å²) in [6.07, 6.45) is 4.45. The SMILES string of the molecule is O=C(NC1CCCCC1)c1cnc2ccc(OC3CCN(c4ccc(C(F)(F)F)cc4)CC3)cc2c1. The number of amides is 1. The molecule has 0 bridgehead atoms. The zero-order chi connectivity index (χ0) is 25.1. The molecule has 1 aromatic heterocycles. The van der Waals surface area contributed by atoms with Crippen LogP contribution in [0.4, 0.5) is 18.9 Å². The van der Waals surface area contributed by atoms with E-state index in [-0.39, 0.29) is 18.1 Å². The van der Waals surface area contributed by atoms with Crippen LogP contribution in [0, 0.1) is 0 Å². The number of carbonyl (C=O) groups is 1. The quantitative estimate of drug-likeness (QED) is 0.446. The number of ether oxygens (including phenoxy) is 1. The highest BCUT2D eigenvalue weighted by Gasteiger charge is 2.30. The fraction of sp³-hybridized carbons (Fsp3) is 0.429. The van der Waals surface area contributed by atoms with E-state index in [0.717, 1.165) is 73.0 Å². The summed E-state index contributed by atoms with van der Waals surface area (Å²) in [5.74, 6) is 0.639. The molecule has 36 heavy (non-hydrogen) atoms. The Kier molecular flexibility index (Phi) is 7.03. The number of piperidine rings is 1. The van der Waals surface area contributed by atoms with Crippen molar-refractivity contribution in [2.75, 3.05) is 18.0 Å². The van der Waals surface area contributed by atoms with E-state index in [9.17, 15) is 18.0 Å². The van der Waals surface area contributed by atoms with Crippen LogP contribution in [0.5, 0.6) is 5.75 Å². The van der Waals surface area contributed by atoms with E-state index in [1.807, 2.05) is 24.3 Å². The third-order valence-corrected chi connectivity index (χ3v) is 7.16. The van der Waals surface area contributed by atoms with Gasteiger partial charge in [0.2, 0.25) is 0 Å². The van der Waals surface area contributed by atoms with Gasteiger partial charge in [-0.05, 0) is 61.4 Å². The predicted molar refractivity (Wildman–Crippen MR) is 133 cm³/mol. The molecule has 2 heterocycles. The molecular weight excluding hydrogens is 467 g/mol. The zero-order valence-electron chi connectivity index (χ0n) is 20.1. The van der Waals surface area contributed by atoms with Crippen molar-refractivity contribution in [1.82, 2.24) is 10.3 Å². The second-order valence-electron chi connectivity index (χ2n) is 9.74. The van der Waals surface area contributed by atoms with Crippen LogP contribution >= 0.6 is 0 Å². The molecule has 8 heteroatoms. The second kappa shape index (κ2) is 10.4. The normalized spacial score (nSPS) is 17.8. The maximum absolute atomic E-state index is 12.8. The summed E-state index contributed by atoms with van der Waals surface area (Å²) in [6, 6.07) is 13.1. The number of pyridine rings is 1. The van der Waals surface area contributed by atoms with Gasteiger partial charge in [-0.25, -0.2) is 0 Å². The summed E-state index contributed by atoms with van der Waals surface area (Å²) in [7, 11) is 0. The van der Waals surface area contributed by atoms with Crippen molar-refractivity contribution in [2.24, 2.45) is 0 Å². The molecule has 2 aromatic carbocycles. The van der Waals surface area contributed by atoms with Gasteiger partial charge in [-0.2, -0.15) is 13.2 Å². The summed E-state index contributed by atoms with van der Waals surface area (Å²) >= 11 is 0. The van der Waals surface area contributed by atoms with Crippen molar-refractivity contribution >= 4 is 22.5 Å². The van der Waals surface area contributed by atoms with Gasteiger partial charge in [0.15, 0.2) is 0 Å². The number of fused-ring (bicyclic) bond motifs is 1. The molecule has 1 N–H and O–H groups in total. The van der Waals surface area contributed by atoms with Crippen molar-refractivity contribution < 1.29 is 22.7 Å². The average molecular weight is 498 g/mol. The third-order valence-electron chi connectivity index (χ3n) is 7.16. The lowest BCUT2D eigenvalue weighted by molar-refractivity contribution is -0.137. The van der Waals surface area contributed by atoms with E-state index in [1.165, 1.54) is 18.6 Å². The first-order chi connectivity index (χ1) is 17.3. The Morgan fingerprint density at radius 1 is 0.944 bits per heavy atom. The Morgan fingerprint density at radius 2 is 1.67 bits per heavy atom. The van der Waals surface area contributed by atoms with Gasteiger partial charge in [0, 0.05) is 49.2 Å². The van der Waals surface area contributed by atoms with E-state index in [4.69, 9.17) is 4.74 Å². The molecule has 2 aliphatic rings. The number of rotatable bonds is 5. The standard InChI is InChI=1S/C28H30F3N3O2/c29-28(30,31)21-6-8-23(9-7-21)34-14-12-24(13-15-34)36-25-10-11-26-19(17-25)16-20(18-32-26)27(35)33-22-4-2-1-3-5-22/h6-11,16-18,22,24H,1-5,12-15H2,(H,33,35). The Labute approximate surface area is 208 Å². The van der Waals surface area contributed by atoms with Crippen LogP contribution in [0.1, 0.15) is 60.9 Å². The van der Waals surface area contributed by atoms with Crippen molar-refractivity contribution in [3.8, 4) is 5.75 Å². The molecule has 1 amide bonds. The topological polar surface area (TPSA) is 54.5 Å². The number of nitrogens with one attached hydrogen (secondary N) is 1. The maximum atomic E-state index is 12.8. The van der Waals surface area contributed by atoms with E-state index < -0.39 is 11.7 Å². The van der Waals surface area contributed by atoms with Crippen molar-refractivity contribution in [3.05, 3.63) is 65.9 Å². The molecular formula is C28H30F3N3O2. The molecule has 1 saturated heterocycles. The fourth-order valence-electron chi connectivity index (χ4n) is 5.11. The molecule has 0 radical (unpaired) electrons. The molecule has 0 unspecified atom stereocenters. The van der Waals surface area contributed by atoms with Gasteiger partial charge >= 0.3 is 6.18 Å². The Balaban J connectivity index is 1.19. The number of hydrogen-bond acceptors (Lipinski definition) is 4. The van der Waals surface area contributed by atoms with Gasteiger partial charge in [0.05, 0.1) is 16.6 Å². The van der Waals surface area contributed by atoms with Crippen LogP contribution in [0.15, 0.2) is 54.7 Å². The van der Waals surface area contributed by atoms with Crippen LogP contribution < -0.4 is 15.0 Å². The van der Waals surface area contributed by atoms with Gasteiger partial charge < -0.3 is 15.0 Å². The Hall–Kier alpha value is -3.29. The summed E-state index contributed by atoms with van der Waals surface area (Å²) in [4.78, 5) is 19.3. The summed E-state index contributed by atoms with van der Waals surface area (Å²) < 4.78 is 44.7. The molecule has 5 nitrogen and oxygen atoms in total. The highest BCUT2D eigenvalue weighted by atomic mass is 19.4. The largest absolute Gasteiger partial charge is 0.490 e. The molecule has 1 aliphatic heterocycles. The van der Waals surface area contributed by atoms with Gasteiger partial charge in [-0.15, -0.1) is 0 Å². The number of benzene rings is 2. The lowest BCUT2D eigenvalue weighted by Crippen LogP contribution is -2.38. The molecule has 190 valence electrons. The summed E-state index contributed by atoms with van der Waals surface area (Å²) in [6.45, 7) is 1.41. The van der Waals surface area contributed by atoms with Crippen molar-refractivity contribution in [1.29, 1.82) is 0 Å². The average Bonchev–Trinajstić information content (AvgIpc) is 2.89. The van der Waals surface area contributed by atoms with Crippen LogP contribution in [-0.4, -0.2) is 36.1 Å². The number of carbonyl (C=O) groups excluding carboxylic acids is 1. The van der Waals surface area contributed by atoms with Gasteiger partial charge in [0.25, 0.3) is 5.91 Å². The second-order valence-corrected chi connectivity index (χ2v) is 9.74. The fourth-order valence-corrected chi connectivity index (χ4v) is 5.11. The zero-order valence-corrected chi connectivity index (χ0v) is 20.1. The van der Waals surface area contributed by atoms with E-state index in [0.29, 0.717) is 18.7 Å². The minimum Gasteiger partial charge on any atom is -0.490 e. The molecule has 1 aliphatic carbocycles. The predicted octanol–water partition coefficient (Wildman–Crippen LogP) is 6.36. The molecule has 0 atom stereocenters. The lowest BCUT2D eigenvalue weighted by atomic mass is 9.95. The first kappa shape index (κ1) is 24.4. The molecule has 0 spiro atoms. The summed E-state index contributed by atoms with van der Waals surface area (Å²) in [5.41, 5.74) is 1.51. The monoisotopic (exact) mass is 497 g/mol. The first-order valence-corrected chi connectivity index (χ1v) is 12.6. The number of halogens is 3. The molecule has 1 saturated carbocycles. The van der Waals surface area contributed by atoms with Crippen molar-refractivity contribution in [3.63, 3.8) is 0 Å². The minimum absolute atomic E-state index is 0.0129. The number of aromatic nitrogens is 1. The van der Waals surface area contributed by atoms with Crippen LogP contribution in [-0.2, 0) is 6.18 Å². The van der Waals surface area contributed by atoms with Crippen molar-refractivity contribution in [2.45, 2.75) is 63.3 Å². The maximum Gasteiger partial charge on any atom is 0.416 e. The Bertz CT molecular complexity index is 1200. The van der Waals surface area contributed by atoms with Crippen LogP contribution in [0.3, 0.4) is 0 Å². The first-order valence-electron chi connectivity index (χ1n) is 12.6. The molecule has 2 fully saturated rings. The van der Waals surface area contributed by atoms with Gasteiger partial charge in [0.1, 0.15) is 11.9 Å². The molecule has 3 aromatic rings. The highest BCUT2D eigenvalue weighted by Crippen LogP contribution is 2.31. The lowest BCUT2D eigenvalue weighted by Gasteiger charge is -2.34. The third kappa shape index (κ3) is 5.74. The minimum atomic E-state index is -4.32. The van der Waals surface area contributed by atoms with E-state index in [1.54, 1.807) is 6.20 Å². The number of nitrogens with zero attached hydrogens (tertiary/aromatic N) is 2. The highest BCUT2D eigenvalue weighted by molar-refractivity contribution is 5.97.